The van der Waals surface area contributed by atoms with Gasteiger partial charge in [0.25, 0.3) is 0 Å². The summed E-state index contributed by atoms with van der Waals surface area (Å²) in [5.74, 6) is 0.519. The maximum Gasteiger partial charge on any atom is 0.308 e. The normalized spacial score (nSPS) is 16.5. The predicted molar refractivity (Wildman–Crippen MR) is 40.0 cm³/mol. The fourth-order valence-corrected chi connectivity index (χ4v) is 0.909. The Morgan fingerprint density at radius 2 is 2.27 bits per heavy atom. The molecule has 1 saturated carbocycles. The number of aliphatic hydroxyl groups excluding tert-OH is 1. The predicted octanol–water partition coefficient (Wildman–Crippen LogP) is 0.712. The van der Waals surface area contributed by atoms with Crippen LogP contribution in [-0.2, 0) is 9.53 Å². The van der Waals surface area contributed by atoms with E-state index in [2.05, 4.69) is 0 Å². The summed E-state index contributed by atoms with van der Waals surface area (Å²) in [4.78, 5) is 10.7. The van der Waals surface area contributed by atoms with E-state index in [4.69, 9.17) is 9.84 Å². The van der Waals surface area contributed by atoms with E-state index in [9.17, 15) is 4.79 Å². The third kappa shape index (κ3) is 3.98. The van der Waals surface area contributed by atoms with Crippen molar-refractivity contribution in [3.63, 3.8) is 0 Å². The van der Waals surface area contributed by atoms with Crippen LogP contribution in [0.15, 0.2) is 0 Å². The molecule has 0 radical (unpaired) electrons. The zero-order chi connectivity index (χ0) is 8.10. The third-order valence-electron chi connectivity index (χ3n) is 1.80. The van der Waals surface area contributed by atoms with Gasteiger partial charge in [-0.1, -0.05) is 12.8 Å². The van der Waals surface area contributed by atoms with Crippen LogP contribution in [0.4, 0.5) is 0 Å². The Morgan fingerprint density at radius 1 is 1.55 bits per heavy atom. The lowest BCUT2D eigenvalue weighted by molar-refractivity contribution is -0.144. The standard InChI is InChI=1S/C8H14O3/c9-5-3-8(10)11-6-4-7-1-2-7/h7,9H,1-6H2. The second-order valence-corrected chi connectivity index (χ2v) is 2.93. The summed E-state index contributed by atoms with van der Waals surface area (Å²) in [5.41, 5.74) is 0. The van der Waals surface area contributed by atoms with Crippen molar-refractivity contribution in [2.24, 2.45) is 5.92 Å². The van der Waals surface area contributed by atoms with E-state index in [-0.39, 0.29) is 19.0 Å². The van der Waals surface area contributed by atoms with E-state index in [0.717, 1.165) is 12.3 Å². The first-order valence-corrected chi connectivity index (χ1v) is 4.09. The van der Waals surface area contributed by atoms with Crippen LogP contribution >= 0.6 is 0 Å². The van der Waals surface area contributed by atoms with Crippen molar-refractivity contribution in [1.82, 2.24) is 0 Å². The van der Waals surface area contributed by atoms with Gasteiger partial charge in [-0.05, 0) is 12.3 Å². The zero-order valence-corrected chi connectivity index (χ0v) is 6.58. The molecule has 3 heteroatoms. The van der Waals surface area contributed by atoms with Gasteiger partial charge in [0.15, 0.2) is 0 Å². The first-order chi connectivity index (χ1) is 5.33. The van der Waals surface area contributed by atoms with Gasteiger partial charge in [-0.3, -0.25) is 4.79 Å². The first-order valence-electron chi connectivity index (χ1n) is 4.09. The van der Waals surface area contributed by atoms with Crippen LogP contribution in [0, 0.1) is 5.92 Å². The van der Waals surface area contributed by atoms with E-state index in [1.165, 1.54) is 12.8 Å². The molecule has 0 aliphatic heterocycles. The molecule has 1 rings (SSSR count). The van der Waals surface area contributed by atoms with Crippen LogP contribution in [0.1, 0.15) is 25.7 Å². The Morgan fingerprint density at radius 3 is 2.82 bits per heavy atom. The average Bonchev–Trinajstić information content (AvgIpc) is 2.72. The van der Waals surface area contributed by atoms with Gasteiger partial charge in [-0.2, -0.15) is 0 Å². The van der Waals surface area contributed by atoms with Crippen LogP contribution in [0.25, 0.3) is 0 Å². The van der Waals surface area contributed by atoms with E-state index in [1.54, 1.807) is 0 Å². The zero-order valence-electron chi connectivity index (χ0n) is 6.58. The average molecular weight is 158 g/mol. The molecular weight excluding hydrogens is 144 g/mol. The molecule has 1 aliphatic rings. The maximum absolute atomic E-state index is 10.7. The number of aliphatic hydroxyl groups is 1. The fraction of sp³-hybridized carbons (Fsp3) is 0.875. The SMILES string of the molecule is O=C(CCO)OCCC1CC1. The van der Waals surface area contributed by atoms with Crippen LogP contribution in [0.2, 0.25) is 0 Å². The van der Waals surface area contributed by atoms with Gasteiger partial charge in [0, 0.05) is 0 Å². The number of ether oxygens (including phenoxy) is 1. The monoisotopic (exact) mass is 158 g/mol. The Balaban J connectivity index is 1.88. The van der Waals surface area contributed by atoms with Crippen molar-refractivity contribution in [3.05, 3.63) is 0 Å². The van der Waals surface area contributed by atoms with Gasteiger partial charge < -0.3 is 9.84 Å². The molecule has 3 nitrogen and oxygen atoms in total. The van der Waals surface area contributed by atoms with Crippen molar-refractivity contribution in [2.45, 2.75) is 25.7 Å². The molecular formula is C8H14O3. The molecule has 0 amide bonds. The summed E-state index contributed by atoms with van der Waals surface area (Å²) in [5, 5.41) is 8.36. The minimum Gasteiger partial charge on any atom is -0.466 e. The third-order valence-corrected chi connectivity index (χ3v) is 1.80. The Bertz CT molecular complexity index is 129. The highest BCUT2D eigenvalue weighted by atomic mass is 16.5. The van der Waals surface area contributed by atoms with Crippen molar-refractivity contribution >= 4 is 5.97 Å². The van der Waals surface area contributed by atoms with Crippen molar-refractivity contribution in [1.29, 1.82) is 0 Å². The molecule has 0 aromatic carbocycles. The number of hydrogen-bond donors (Lipinski definition) is 1. The Hall–Kier alpha value is -0.570. The molecule has 0 unspecified atom stereocenters. The molecule has 0 saturated heterocycles. The highest BCUT2D eigenvalue weighted by Gasteiger charge is 2.20. The molecule has 1 fully saturated rings. The minimum absolute atomic E-state index is 0.109. The summed E-state index contributed by atoms with van der Waals surface area (Å²) < 4.78 is 4.83. The second kappa shape index (κ2) is 4.34. The minimum atomic E-state index is -0.284. The van der Waals surface area contributed by atoms with E-state index in [0.29, 0.717) is 6.61 Å². The lowest BCUT2D eigenvalue weighted by Gasteiger charge is -2.01. The number of carbonyl (C=O) groups is 1. The number of carbonyl (C=O) groups excluding carboxylic acids is 1. The second-order valence-electron chi connectivity index (χ2n) is 2.93. The molecule has 0 bridgehead atoms. The summed E-state index contributed by atoms with van der Waals surface area (Å²) in [6, 6.07) is 0. The highest BCUT2D eigenvalue weighted by molar-refractivity contribution is 5.69. The Labute approximate surface area is 66.4 Å². The largest absolute Gasteiger partial charge is 0.466 e. The van der Waals surface area contributed by atoms with Gasteiger partial charge in [-0.25, -0.2) is 0 Å². The van der Waals surface area contributed by atoms with Crippen molar-refractivity contribution < 1.29 is 14.6 Å². The highest BCUT2D eigenvalue weighted by Crippen LogP contribution is 2.32. The van der Waals surface area contributed by atoms with E-state index in [1.807, 2.05) is 0 Å². The smallest absolute Gasteiger partial charge is 0.308 e. The Kier molecular flexibility index (Phi) is 3.36. The molecule has 1 N–H and O–H groups in total. The summed E-state index contributed by atoms with van der Waals surface area (Å²) >= 11 is 0. The van der Waals surface area contributed by atoms with Gasteiger partial charge in [0.2, 0.25) is 0 Å². The number of esters is 1. The summed E-state index contributed by atoms with van der Waals surface area (Å²) in [6.07, 6.45) is 3.71. The van der Waals surface area contributed by atoms with Gasteiger partial charge >= 0.3 is 5.97 Å². The molecule has 0 spiro atoms. The topological polar surface area (TPSA) is 46.5 Å². The van der Waals surface area contributed by atoms with Crippen LogP contribution in [0.5, 0.6) is 0 Å². The van der Waals surface area contributed by atoms with Crippen molar-refractivity contribution in [2.75, 3.05) is 13.2 Å². The van der Waals surface area contributed by atoms with E-state index >= 15 is 0 Å². The van der Waals surface area contributed by atoms with Crippen LogP contribution in [0.3, 0.4) is 0 Å². The van der Waals surface area contributed by atoms with Crippen LogP contribution < -0.4 is 0 Å². The van der Waals surface area contributed by atoms with Gasteiger partial charge in [0.05, 0.1) is 19.6 Å². The fourth-order valence-electron chi connectivity index (χ4n) is 0.909. The molecule has 0 aromatic rings. The first kappa shape index (κ1) is 8.53. The molecule has 11 heavy (non-hydrogen) atoms. The molecule has 1 aliphatic carbocycles. The lowest BCUT2D eigenvalue weighted by atomic mass is 10.3. The van der Waals surface area contributed by atoms with Crippen LogP contribution in [-0.4, -0.2) is 24.3 Å². The molecule has 0 aromatic heterocycles. The molecule has 0 atom stereocenters. The quantitative estimate of drug-likeness (QED) is 0.599. The maximum atomic E-state index is 10.7. The number of rotatable bonds is 5. The van der Waals surface area contributed by atoms with Gasteiger partial charge in [-0.15, -0.1) is 0 Å². The summed E-state index contributed by atoms with van der Waals surface area (Å²) in [6.45, 7) is 0.422. The lowest BCUT2D eigenvalue weighted by Crippen LogP contribution is -2.07. The summed E-state index contributed by atoms with van der Waals surface area (Å²) in [7, 11) is 0. The number of hydrogen-bond acceptors (Lipinski definition) is 3. The molecule has 64 valence electrons. The molecule has 0 heterocycles. The van der Waals surface area contributed by atoms with E-state index < -0.39 is 0 Å². The van der Waals surface area contributed by atoms with Gasteiger partial charge in [0.1, 0.15) is 0 Å². The van der Waals surface area contributed by atoms with Crippen molar-refractivity contribution in [3.8, 4) is 0 Å².